The van der Waals surface area contributed by atoms with Crippen LogP contribution in [0.15, 0.2) is 12.1 Å². The Bertz CT molecular complexity index is 368. The normalized spacial score (nSPS) is 9.65. The van der Waals surface area contributed by atoms with Crippen molar-refractivity contribution in [3.63, 3.8) is 0 Å². The topological polar surface area (TPSA) is 55.1 Å². The molecule has 0 aromatic heterocycles. The molecule has 0 aliphatic heterocycles. The molecule has 0 fully saturated rings. The van der Waals surface area contributed by atoms with Gasteiger partial charge in [0.2, 0.25) is 5.91 Å². The summed E-state index contributed by atoms with van der Waals surface area (Å²) in [6.45, 7) is 6.64. The van der Waals surface area contributed by atoms with Gasteiger partial charge in [0.25, 0.3) is 0 Å². The summed E-state index contributed by atoms with van der Waals surface area (Å²) >= 11 is 0. The average molecular weight is 257 g/mol. The lowest BCUT2D eigenvalue weighted by Crippen LogP contribution is -2.15. The highest BCUT2D eigenvalue weighted by Gasteiger charge is 2.07. The van der Waals surface area contributed by atoms with E-state index in [2.05, 4.69) is 24.4 Å². The zero-order chi connectivity index (χ0) is 12.1. The predicted octanol–water partition coefficient (Wildman–Crippen LogP) is 2.71. The third kappa shape index (κ3) is 4.75. The molecule has 0 saturated heterocycles. The van der Waals surface area contributed by atoms with Crippen LogP contribution in [-0.4, -0.2) is 12.5 Å². The van der Waals surface area contributed by atoms with E-state index < -0.39 is 0 Å². The van der Waals surface area contributed by atoms with Crippen LogP contribution in [0, 0.1) is 20.8 Å². The number of nitrogens with two attached hydrogens (primary N) is 1. The SMILES string of the molecule is Cc1cc(C)c(NC(=O)CCCN)c(C)c1.Cl. The van der Waals surface area contributed by atoms with Crippen molar-refractivity contribution in [2.24, 2.45) is 5.73 Å². The molecular formula is C13H21ClN2O. The van der Waals surface area contributed by atoms with Gasteiger partial charge in [0.1, 0.15) is 0 Å². The van der Waals surface area contributed by atoms with Crippen molar-refractivity contribution in [3.8, 4) is 0 Å². The molecule has 0 unspecified atom stereocenters. The first-order valence-corrected chi connectivity index (χ1v) is 5.62. The molecule has 0 heterocycles. The third-order valence-electron chi connectivity index (χ3n) is 2.55. The van der Waals surface area contributed by atoms with Gasteiger partial charge in [0, 0.05) is 12.1 Å². The van der Waals surface area contributed by atoms with Crippen LogP contribution in [0.3, 0.4) is 0 Å². The van der Waals surface area contributed by atoms with Crippen LogP contribution in [0.1, 0.15) is 29.5 Å². The molecule has 4 heteroatoms. The minimum Gasteiger partial charge on any atom is -0.330 e. The van der Waals surface area contributed by atoms with Crippen molar-refractivity contribution in [2.75, 3.05) is 11.9 Å². The van der Waals surface area contributed by atoms with Crippen molar-refractivity contribution < 1.29 is 4.79 Å². The summed E-state index contributed by atoms with van der Waals surface area (Å²) in [5.74, 6) is 0.0421. The van der Waals surface area contributed by atoms with Crippen molar-refractivity contribution in [1.82, 2.24) is 0 Å². The Morgan fingerprint density at radius 1 is 1.24 bits per heavy atom. The van der Waals surface area contributed by atoms with E-state index in [1.54, 1.807) is 0 Å². The molecule has 1 aromatic rings. The van der Waals surface area contributed by atoms with Gasteiger partial charge >= 0.3 is 0 Å². The Morgan fingerprint density at radius 2 is 1.76 bits per heavy atom. The molecule has 96 valence electrons. The minimum atomic E-state index is 0. The highest BCUT2D eigenvalue weighted by atomic mass is 35.5. The van der Waals surface area contributed by atoms with Crippen molar-refractivity contribution in [3.05, 3.63) is 28.8 Å². The number of nitrogens with one attached hydrogen (secondary N) is 1. The van der Waals surface area contributed by atoms with Crippen molar-refractivity contribution in [2.45, 2.75) is 33.6 Å². The maximum atomic E-state index is 11.6. The first kappa shape index (κ1) is 15.9. The van der Waals surface area contributed by atoms with E-state index >= 15 is 0 Å². The average Bonchev–Trinajstić information content (AvgIpc) is 2.20. The zero-order valence-electron chi connectivity index (χ0n) is 10.7. The van der Waals surface area contributed by atoms with E-state index in [1.165, 1.54) is 5.56 Å². The highest BCUT2D eigenvalue weighted by molar-refractivity contribution is 5.92. The van der Waals surface area contributed by atoms with E-state index in [4.69, 9.17) is 5.73 Å². The summed E-state index contributed by atoms with van der Waals surface area (Å²) in [5.41, 5.74) is 9.74. The Kier molecular flexibility index (Phi) is 6.85. The fourth-order valence-corrected chi connectivity index (χ4v) is 1.84. The molecular weight excluding hydrogens is 236 g/mol. The van der Waals surface area contributed by atoms with E-state index in [1.807, 2.05) is 13.8 Å². The Hall–Kier alpha value is -1.06. The van der Waals surface area contributed by atoms with Crippen LogP contribution in [0.25, 0.3) is 0 Å². The lowest BCUT2D eigenvalue weighted by Gasteiger charge is -2.12. The number of rotatable bonds is 4. The number of hydrogen-bond acceptors (Lipinski definition) is 2. The molecule has 1 amide bonds. The quantitative estimate of drug-likeness (QED) is 0.870. The number of benzene rings is 1. The molecule has 0 bridgehead atoms. The largest absolute Gasteiger partial charge is 0.330 e. The molecule has 0 atom stereocenters. The maximum absolute atomic E-state index is 11.6. The van der Waals surface area contributed by atoms with Crippen LogP contribution in [0.2, 0.25) is 0 Å². The number of carbonyl (C=O) groups is 1. The van der Waals surface area contributed by atoms with Crippen LogP contribution in [0.4, 0.5) is 5.69 Å². The van der Waals surface area contributed by atoms with Crippen molar-refractivity contribution in [1.29, 1.82) is 0 Å². The lowest BCUT2D eigenvalue weighted by atomic mass is 10.0. The van der Waals surface area contributed by atoms with Gasteiger partial charge in [-0.15, -0.1) is 12.4 Å². The molecule has 17 heavy (non-hydrogen) atoms. The predicted molar refractivity (Wildman–Crippen MR) is 74.8 cm³/mol. The molecule has 3 N–H and O–H groups in total. The van der Waals surface area contributed by atoms with E-state index in [0.717, 1.165) is 23.2 Å². The van der Waals surface area contributed by atoms with Crippen LogP contribution in [0.5, 0.6) is 0 Å². The van der Waals surface area contributed by atoms with Gasteiger partial charge in [-0.2, -0.15) is 0 Å². The third-order valence-corrected chi connectivity index (χ3v) is 2.55. The summed E-state index contributed by atoms with van der Waals surface area (Å²) in [6.07, 6.45) is 1.22. The van der Waals surface area contributed by atoms with E-state index in [-0.39, 0.29) is 18.3 Å². The maximum Gasteiger partial charge on any atom is 0.224 e. The van der Waals surface area contributed by atoms with Crippen LogP contribution in [-0.2, 0) is 4.79 Å². The first-order valence-electron chi connectivity index (χ1n) is 5.62. The molecule has 0 saturated carbocycles. The summed E-state index contributed by atoms with van der Waals surface area (Å²) in [4.78, 5) is 11.6. The summed E-state index contributed by atoms with van der Waals surface area (Å²) in [5, 5.41) is 2.95. The number of anilines is 1. The second kappa shape index (κ2) is 7.30. The summed E-state index contributed by atoms with van der Waals surface area (Å²) in [7, 11) is 0. The number of hydrogen-bond donors (Lipinski definition) is 2. The van der Waals surface area contributed by atoms with E-state index in [9.17, 15) is 4.79 Å². The first-order chi connectivity index (χ1) is 7.54. The second-order valence-electron chi connectivity index (χ2n) is 4.21. The van der Waals surface area contributed by atoms with Gasteiger partial charge in [-0.05, 0) is 44.9 Å². The zero-order valence-corrected chi connectivity index (χ0v) is 11.5. The standard InChI is InChI=1S/C13H20N2O.ClH/c1-9-7-10(2)13(11(3)8-9)15-12(16)5-4-6-14;/h7-8H,4-6,14H2,1-3H3,(H,15,16);1H. The highest BCUT2D eigenvalue weighted by Crippen LogP contribution is 2.22. The smallest absolute Gasteiger partial charge is 0.224 e. The van der Waals surface area contributed by atoms with Crippen LogP contribution < -0.4 is 11.1 Å². The number of carbonyl (C=O) groups excluding carboxylic acids is 1. The molecule has 3 nitrogen and oxygen atoms in total. The fourth-order valence-electron chi connectivity index (χ4n) is 1.84. The Morgan fingerprint density at radius 3 is 2.24 bits per heavy atom. The van der Waals surface area contributed by atoms with Crippen molar-refractivity contribution >= 4 is 24.0 Å². The van der Waals surface area contributed by atoms with Crippen LogP contribution >= 0.6 is 12.4 Å². The Labute approximate surface area is 109 Å². The molecule has 0 radical (unpaired) electrons. The van der Waals surface area contributed by atoms with Gasteiger partial charge in [-0.1, -0.05) is 17.7 Å². The molecule has 0 aliphatic rings. The Balaban J connectivity index is 0.00000256. The molecule has 0 aliphatic carbocycles. The fraction of sp³-hybridized carbons (Fsp3) is 0.462. The van der Waals surface area contributed by atoms with Gasteiger partial charge in [0.15, 0.2) is 0 Å². The molecule has 0 spiro atoms. The lowest BCUT2D eigenvalue weighted by molar-refractivity contribution is -0.116. The van der Waals surface area contributed by atoms with E-state index in [0.29, 0.717) is 13.0 Å². The molecule has 1 rings (SSSR count). The van der Waals surface area contributed by atoms with Gasteiger partial charge in [-0.3, -0.25) is 4.79 Å². The minimum absolute atomic E-state index is 0. The second-order valence-corrected chi connectivity index (χ2v) is 4.21. The summed E-state index contributed by atoms with van der Waals surface area (Å²) < 4.78 is 0. The van der Waals surface area contributed by atoms with Gasteiger partial charge in [0.05, 0.1) is 0 Å². The number of aryl methyl sites for hydroxylation is 3. The number of amides is 1. The monoisotopic (exact) mass is 256 g/mol. The number of halogens is 1. The van der Waals surface area contributed by atoms with Gasteiger partial charge < -0.3 is 11.1 Å². The van der Waals surface area contributed by atoms with Gasteiger partial charge in [-0.25, -0.2) is 0 Å². The summed E-state index contributed by atoms with van der Waals surface area (Å²) in [6, 6.07) is 4.15. The molecule has 1 aromatic carbocycles.